The maximum Gasteiger partial charge on any atom is 0.253 e. The van der Waals surface area contributed by atoms with E-state index in [1.165, 1.54) is 5.06 Å². The highest BCUT2D eigenvalue weighted by Gasteiger charge is 2.49. The van der Waals surface area contributed by atoms with Gasteiger partial charge in [0.25, 0.3) is 5.91 Å². The van der Waals surface area contributed by atoms with Gasteiger partial charge in [-0.1, -0.05) is 0 Å². The molecule has 2 N–H and O–H groups in total. The molecule has 16 heavy (non-hydrogen) atoms. The summed E-state index contributed by atoms with van der Waals surface area (Å²) in [5, 5.41) is 1.42. The second kappa shape index (κ2) is 3.22. The number of rotatable bonds is 1. The number of hydrogen-bond acceptors (Lipinski definition) is 3. The molecular formula is C12H14N2O2. The molecule has 3 rings (SSSR count). The van der Waals surface area contributed by atoms with Crippen LogP contribution >= 0.6 is 0 Å². The quantitative estimate of drug-likeness (QED) is 0.732. The van der Waals surface area contributed by atoms with Crippen LogP contribution in [0.4, 0.5) is 11.4 Å². The molecule has 0 unspecified atom stereocenters. The summed E-state index contributed by atoms with van der Waals surface area (Å²) in [4.78, 5) is 17.6. The molecule has 1 amide bonds. The van der Waals surface area contributed by atoms with E-state index in [1.54, 1.807) is 12.1 Å². The number of nitrogen functional groups attached to an aromatic ring is 1. The molecule has 0 aromatic heterocycles. The summed E-state index contributed by atoms with van der Waals surface area (Å²) in [7, 11) is 0. The third kappa shape index (κ3) is 1.38. The Morgan fingerprint density at radius 3 is 2.44 bits per heavy atom. The number of carbonyl (C=O) groups excluding carboxylic acids is 1. The first-order valence-corrected chi connectivity index (χ1v) is 5.56. The SMILES string of the molecule is Nc1ccc(N2OC3(CCC3)CC2=O)cc1. The summed E-state index contributed by atoms with van der Waals surface area (Å²) < 4.78 is 0. The van der Waals surface area contributed by atoms with Crippen molar-refractivity contribution in [2.45, 2.75) is 31.3 Å². The van der Waals surface area contributed by atoms with Crippen LogP contribution in [0.15, 0.2) is 24.3 Å². The molecule has 1 aromatic carbocycles. The lowest BCUT2D eigenvalue weighted by molar-refractivity contribution is -0.120. The average Bonchev–Trinajstić information content (AvgIpc) is 2.57. The number of carbonyl (C=O) groups is 1. The van der Waals surface area contributed by atoms with E-state index in [-0.39, 0.29) is 11.5 Å². The first-order valence-electron chi connectivity index (χ1n) is 5.56. The Balaban J connectivity index is 1.85. The van der Waals surface area contributed by atoms with Crippen LogP contribution in [0, 0.1) is 0 Å². The molecule has 4 heteroatoms. The first-order chi connectivity index (χ1) is 7.69. The number of hydroxylamine groups is 1. The van der Waals surface area contributed by atoms with E-state index < -0.39 is 0 Å². The van der Waals surface area contributed by atoms with Gasteiger partial charge in [-0.2, -0.15) is 5.06 Å². The second-order valence-corrected chi connectivity index (χ2v) is 4.58. The van der Waals surface area contributed by atoms with Gasteiger partial charge in [-0.25, -0.2) is 0 Å². The Labute approximate surface area is 93.9 Å². The third-order valence-electron chi connectivity index (χ3n) is 3.38. The smallest absolute Gasteiger partial charge is 0.253 e. The highest BCUT2D eigenvalue weighted by molar-refractivity contribution is 5.94. The van der Waals surface area contributed by atoms with Gasteiger partial charge in [0.05, 0.1) is 12.1 Å². The first kappa shape index (κ1) is 9.66. The van der Waals surface area contributed by atoms with Crippen LogP contribution < -0.4 is 10.8 Å². The molecule has 1 aliphatic heterocycles. The molecule has 1 saturated carbocycles. The minimum Gasteiger partial charge on any atom is -0.399 e. The predicted molar refractivity (Wildman–Crippen MR) is 60.6 cm³/mol. The van der Waals surface area contributed by atoms with Crippen molar-refractivity contribution in [1.29, 1.82) is 0 Å². The number of nitrogens with zero attached hydrogens (tertiary/aromatic N) is 1. The van der Waals surface area contributed by atoms with Crippen molar-refractivity contribution in [2.24, 2.45) is 0 Å². The highest BCUT2D eigenvalue weighted by Crippen LogP contribution is 2.44. The maximum atomic E-state index is 11.8. The molecule has 2 aliphatic rings. The van der Waals surface area contributed by atoms with Gasteiger partial charge in [-0.15, -0.1) is 0 Å². The van der Waals surface area contributed by atoms with Crippen molar-refractivity contribution in [3.8, 4) is 0 Å². The largest absolute Gasteiger partial charge is 0.399 e. The van der Waals surface area contributed by atoms with Crippen LogP contribution in [-0.2, 0) is 9.63 Å². The van der Waals surface area contributed by atoms with Crippen molar-refractivity contribution in [2.75, 3.05) is 10.8 Å². The maximum absolute atomic E-state index is 11.8. The molecule has 2 fully saturated rings. The van der Waals surface area contributed by atoms with Crippen LogP contribution in [0.1, 0.15) is 25.7 Å². The Bertz CT molecular complexity index is 423. The molecule has 1 heterocycles. The lowest BCUT2D eigenvalue weighted by atomic mass is 9.78. The minimum atomic E-state index is -0.196. The topological polar surface area (TPSA) is 55.6 Å². The lowest BCUT2D eigenvalue weighted by Crippen LogP contribution is -2.37. The molecule has 84 valence electrons. The van der Waals surface area contributed by atoms with Gasteiger partial charge in [0.1, 0.15) is 5.60 Å². The number of nitrogens with two attached hydrogens (primary N) is 1. The van der Waals surface area contributed by atoms with E-state index in [0.717, 1.165) is 24.9 Å². The minimum absolute atomic E-state index is 0.0458. The number of benzene rings is 1. The van der Waals surface area contributed by atoms with Crippen molar-refractivity contribution in [1.82, 2.24) is 0 Å². The van der Waals surface area contributed by atoms with E-state index in [2.05, 4.69) is 0 Å². The van der Waals surface area contributed by atoms with Gasteiger partial charge in [0.2, 0.25) is 0 Å². The van der Waals surface area contributed by atoms with Crippen molar-refractivity contribution in [3.63, 3.8) is 0 Å². The zero-order valence-corrected chi connectivity index (χ0v) is 8.98. The van der Waals surface area contributed by atoms with Gasteiger partial charge in [-0.05, 0) is 43.5 Å². The van der Waals surface area contributed by atoms with Crippen molar-refractivity contribution < 1.29 is 9.63 Å². The summed E-state index contributed by atoms with van der Waals surface area (Å²) in [5.74, 6) is 0.0458. The van der Waals surface area contributed by atoms with E-state index >= 15 is 0 Å². The van der Waals surface area contributed by atoms with Gasteiger partial charge in [0.15, 0.2) is 0 Å². The van der Waals surface area contributed by atoms with Crippen LogP contribution in [0.5, 0.6) is 0 Å². The Morgan fingerprint density at radius 2 is 1.94 bits per heavy atom. The predicted octanol–water partition coefficient (Wildman–Crippen LogP) is 1.86. The van der Waals surface area contributed by atoms with Gasteiger partial charge in [0, 0.05) is 5.69 Å². The van der Waals surface area contributed by atoms with E-state index in [1.807, 2.05) is 12.1 Å². The fraction of sp³-hybridized carbons (Fsp3) is 0.417. The van der Waals surface area contributed by atoms with Crippen LogP contribution in [0.3, 0.4) is 0 Å². The van der Waals surface area contributed by atoms with E-state index in [4.69, 9.17) is 10.6 Å². The average molecular weight is 218 g/mol. The van der Waals surface area contributed by atoms with Crippen LogP contribution in [0.2, 0.25) is 0 Å². The standard InChI is InChI=1S/C12H14N2O2/c13-9-2-4-10(5-3-9)14-11(15)8-12(16-14)6-1-7-12/h2-5H,1,6-8,13H2. The van der Waals surface area contributed by atoms with E-state index in [9.17, 15) is 4.79 Å². The Kier molecular flexibility index (Phi) is 1.94. The molecule has 0 bridgehead atoms. The molecule has 1 aliphatic carbocycles. The molecule has 4 nitrogen and oxygen atoms in total. The van der Waals surface area contributed by atoms with Gasteiger partial charge < -0.3 is 5.73 Å². The number of anilines is 2. The summed E-state index contributed by atoms with van der Waals surface area (Å²) in [5.41, 5.74) is 6.87. The molecule has 1 aromatic rings. The summed E-state index contributed by atoms with van der Waals surface area (Å²) in [6.45, 7) is 0. The second-order valence-electron chi connectivity index (χ2n) is 4.58. The molecule has 0 atom stereocenters. The normalized spacial score (nSPS) is 22.5. The summed E-state index contributed by atoms with van der Waals surface area (Å²) in [6.07, 6.45) is 3.65. The third-order valence-corrected chi connectivity index (χ3v) is 3.38. The number of amides is 1. The van der Waals surface area contributed by atoms with E-state index in [0.29, 0.717) is 12.1 Å². The summed E-state index contributed by atoms with van der Waals surface area (Å²) >= 11 is 0. The van der Waals surface area contributed by atoms with Crippen molar-refractivity contribution >= 4 is 17.3 Å². The fourth-order valence-electron chi connectivity index (χ4n) is 2.27. The monoisotopic (exact) mass is 218 g/mol. The van der Waals surface area contributed by atoms with Gasteiger partial charge in [-0.3, -0.25) is 9.63 Å². The Hall–Kier alpha value is -1.55. The lowest BCUT2D eigenvalue weighted by Gasteiger charge is -2.35. The molecule has 1 spiro atoms. The van der Waals surface area contributed by atoms with Crippen molar-refractivity contribution in [3.05, 3.63) is 24.3 Å². The highest BCUT2D eigenvalue weighted by atomic mass is 16.7. The fourth-order valence-corrected chi connectivity index (χ4v) is 2.27. The molecular weight excluding hydrogens is 204 g/mol. The summed E-state index contributed by atoms with van der Waals surface area (Å²) in [6, 6.07) is 7.17. The Morgan fingerprint density at radius 1 is 1.25 bits per heavy atom. The molecule has 1 saturated heterocycles. The van der Waals surface area contributed by atoms with Crippen LogP contribution in [-0.4, -0.2) is 11.5 Å². The zero-order valence-electron chi connectivity index (χ0n) is 8.98. The van der Waals surface area contributed by atoms with Crippen LogP contribution in [0.25, 0.3) is 0 Å². The zero-order chi connectivity index (χ0) is 11.2. The van der Waals surface area contributed by atoms with Gasteiger partial charge >= 0.3 is 0 Å². The number of hydrogen-bond donors (Lipinski definition) is 1. The molecule has 0 radical (unpaired) electrons.